The van der Waals surface area contributed by atoms with Gasteiger partial charge < -0.3 is 19.1 Å². The smallest absolute Gasteiger partial charge is 0.256 e. The van der Waals surface area contributed by atoms with Crippen molar-refractivity contribution in [2.75, 3.05) is 33.0 Å². The number of hydrogen-bond acceptors (Lipinski definition) is 8. The van der Waals surface area contributed by atoms with Crippen molar-refractivity contribution in [3.63, 3.8) is 0 Å². The van der Waals surface area contributed by atoms with E-state index in [4.69, 9.17) is 14.2 Å². The summed E-state index contributed by atoms with van der Waals surface area (Å²) < 4.78 is 43.1. The van der Waals surface area contributed by atoms with Crippen LogP contribution in [0.1, 0.15) is 36.0 Å². The number of benzene rings is 3. The summed E-state index contributed by atoms with van der Waals surface area (Å²) >= 11 is 0. The second-order valence-electron chi connectivity index (χ2n) is 11.2. The Balaban J connectivity index is 0.906. The molecule has 1 amide bonds. The van der Waals surface area contributed by atoms with Crippen molar-refractivity contribution in [1.82, 2.24) is 14.8 Å². The maximum Gasteiger partial charge on any atom is 0.256 e. The Morgan fingerprint density at radius 3 is 2.33 bits per heavy atom. The Morgan fingerprint density at radius 1 is 0.814 bits per heavy atom. The number of likely N-dealkylation sites (tertiary alicyclic amines) is 2. The number of piperidine rings is 2. The zero-order chi connectivity index (χ0) is 29.4. The zero-order valence-corrected chi connectivity index (χ0v) is 24.5. The van der Waals surface area contributed by atoms with Crippen LogP contribution in [0.2, 0.25) is 0 Å². The fraction of sp³-hybridized carbons (Fsp3) is 0.333. The molecule has 0 atom stereocenters. The Kier molecular flexibility index (Phi) is 7.40. The molecule has 3 aliphatic heterocycles. The highest BCUT2D eigenvalue weighted by atomic mass is 32.2. The number of pyridine rings is 1. The van der Waals surface area contributed by atoms with E-state index in [0.29, 0.717) is 28.9 Å². The van der Waals surface area contributed by atoms with E-state index in [1.807, 2.05) is 35.2 Å². The minimum Gasteiger partial charge on any atom is -0.490 e. The molecule has 222 valence electrons. The normalized spacial score (nSPS) is 18.2. The van der Waals surface area contributed by atoms with Crippen molar-refractivity contribution < 1.29 is 27.4 Å². The molecule has 3 aromatic carbocycles. The SMILES string of the molecule is O=C(c1cccc2cccnc12)N1CCC(N2CCC(Oc3ccc(S(=O)(=O)c4ccc5c(c4)OCO5)cc3)CC2)CC1. The summed E-state index contributed by atoms with van der Waals surface area (Å²) in [5.74, 6) is 1.70. The van der Waals surface area contributed by atoms with Gasteiger partial charge in [0, 0.05) is 49.9 Å². The number of sulfone groups is 1. The number of ether oxygens (including phenoxy) is 3. The molecule has 0 N–H and O–H groups in total. The van der Waals surface area contributed by atoms with Gasteiger partial charge in [-0.15, -0.1) is 0 Å². The molecular weight excluding hydrogens is 566 g/mol. The van der Waals surface area contributed by atoms with Crippen LogP contribution in [-0.4, -0.2) is 74.2 Å². The Bertz CT molecular complexity index is 1740. The highest BCUT2D eigenvalue weighted by Gasteiger charge is 2.31. The van der Waals surface area contributed by atoms with Crippen LogP contribution in [0.25, 0.3) is 10.9 Å². The molecule has 3 aliphatic rings. The van der Waals surface area contributed by atoms with Crippen LogP contribution in [0.5, 0.6) is 17.2 Å². The number of aromatic nitrogens is 1. The third-order valence-corrected chi connectivity index (χ3v) is 10.5. The minimum absolute atomic E-state index is 0.0598. The predicted octanol–water partition coefficient (Wildman–Crippen LogP) is 4.94. The number of carbonyl (C=O) groups excluding carboxylic acids is 1. The lowest BCUT2D eigenvalue weighted by atomic mass is 9.98. The van der Waals surface area contributed by atoms with Gasteiger partial charge in [0.2, 0.25) is 16.6 Å². The molecule has 7 rings (SSSR count). The maximum atomic E-state index is 13.3. The Morgan fingerprint density at radius 2 is 1.53 bits per heavy atom. The van der Waals surface area contributed by atoms with Crippen LogP contribution in [0.4, 0.5) is 0 Å². The number of nitrogens with zero attached hydrogens (tertiary/aromatic N) is 3. The molecule has 1 aromatic heterocycles. The third-order valence-electron chi connectivity index (χ3n) is 8.70. The van der Waals surface area contributed by atoms with E-state index in [1.54, 1.807) is 36.5 Å². The van der Waals surface area contributed by atoms with Gasteiger partial charge in [0.25, 0.3) is 5.91 Å². The maximum absolute atomic E-state index is 13.3. The van der Waals surface area contributed by atoms with Gasteiger partial charge in [-0.1, -0.05) is 18.2 Å². The average Bonchev–Trinajstić information content (AvgIpc) is 3.53. The molecule has 0 saturated carbocycles. The molecule has 2 fully saturated rings. The molecule has 9 nitrogen and oxygen atoms in total. The monoisotopic (exact) mass is 599 g/mol. The van der Waals surface area contributed by atoms with Gasteiger partial charge in [-0.3, -0.25) is 14.7 Å². The summed E-state index contributed by atoms with van der Waals surface area (Å²) in [6.07, 6.45) is 5.52. The van der Waals surface area contributed by atoms with E-state index < -0.39 is 9.84 Å². The second kappa shape index (κ2) is 11.5. The molecule has 10 heteroatoms. The molecule has 2 saturated heterocycles. The highest BCUT2D eigenvalue weighted by molar-refractivity contribution is 7.91. The van der Waals surface area contributed by atoms with Gasteiger partial charge in [0.1, 0.15) is 11.9 Å². The van der Waals surface area contributed by atoms with Crippen molar-refractivity contribution >= 4 is 26.6 Å². The first-order chi connectivity index (χ1) is 21.0. The fourth-order valence-corrected chi connectivity index (χ4v) is 7.59. The lowest BCUT2D eigenvalue weighted by molar-refractivity contribution is 0.0426. The molecule has 0 radical (unpaired) electrons. The van der Waals surface area contributed by atoms with Crippen LogP contribution in [-0.2, 0) is 9.84 Å². The summed E-state index contributed by atoms with van der Waals surface area (Å²) in [4.78, 5) is 22.6. The molecule has 0 unspecified atom stereocenters. The number of hydrogen-bond donors (Lipinski definition) is 0. The van der Waals surface area contributed by atoms with Gasteiger partial charge in [-0.05, 0) is 74.2 Å². The number of para-hydroxylation sites is 1. The topological polar surface area (TPSA) is 98.3 Å². The fourth-order valence-electron chi connectivity index (χ4n) is 6.31. The predicted molar refractivity (Wildman–Crippen MR) is 160 cm³/mol. The number of rotatable bonds is 6. The zero-order valence-electron chi connectivity index (χ0n) is 23.7. The van der Waals surface area contributed by atoms with Gasteiger partial charge in [-0.2, -0.15) is 0 Å². The number of fused-ring (bicyclic) bond motifs is 2. The van der Waals surface area contributed by atoms with Gasteiger partial charge in [0.15, 0.2) is 11.5 Å². The Hall–Kier alpha value is -4.15. The van der Waals surface area contributed by atoms with Crippen LogP contribution >= 0.6 is 0 Å². The largest absolute Gasteiger partial charge is 0.490 e. The first-order valence-corrected chi connectivity index (χ1v) is 16.2. The summed E-state index contributed by atoms with van der Waals surface area (Å²) in [5.41, 5.74) is 1.44. The summed E-state index contributed by atoms with van der Waals surface area (Å²) in [6, 6.07) is 21.4. The second-order valence-corrected chi connectivity index (χ2v) is 13.2. The first kappa shape index (κ1) is 27.7. The van der Waals surface area contributed by atoms with E-state index in [2.05, 4.69) is 9.88 Å². The van der Waals surface area contributed by atoms with E-state index in [0.717, 1.165) is 62.8 Å². The van der Waals surface area contributed by atoms with Gasteiger partial charge >= 0.3 is 0 Å². The van der Waals surface area contributed by atoms with Crippen molar-refractivity contribution in [3.8, 4) is 17.2 Å². The highest BCUT2D eigenvalue weighted by Crippen LogP contribution is 2.36. The standard InChI is InChI=1S/C33H33N3O6S/c37-33(29-5-1-3-23-4-2-16-34-32(23)29)36-17-12-24(13-18-36)35-19-14-26(15-20-35)42-25-6-8-27(9-7-25)43(38,39)28-10-11-30-31(21-28)41-22-40-30/h1-11,16,21,24,26H,12-15,17-20,22H2. The summed E-state index contributed by atoms with van der Waals surface area (Å²) in [6.45, 7) is 3.45. The Labute approximate surface area is 250 Å². The molecule has 0 bridgehead atoms. The van der Waals surface area contributed by atoms with Crippen molar-refractivity contribution in [2.24, 2.45) is 0 Å². The first-order valence-electron chi connectivity index (χ1n) is 14.7. The summed E-state index contributed by atoms with van der Waals surface area (Å²) in [7, 11) is -3.69. The quantitative estimate of drug-likeness (QED) is 0.307. The number of carbonyl (C=O) groups is 1. The molecule has 0 aliphatic carbocycles. The lowest BCUT2D eigenvalue weighted by Gasteiger charge is -2.41. The molecule has 0 spiro atoms. The van der Waals surface area contributed by atoms with E-state index in [1.165, 1.54) is 12.1 Å². The third kappa shape index (κ3) is 5.52. The van der Waals surface area contributed by atoms with Gasteiger partial charge in [0.05, 0.1) is 20.9 Å². The van der Waals surface area contributed by atoms with Crippen molar-refractivity contribution in [2.45, 2.75) is 47.6 Å². The number of amides is 1. The molecule has 4 aromatic rings. The summed E-state index contributed by atoms with van der Waals surface area (Å²) in [5, 5.41) is 0.982. The minimum atomic E-state index is -3.69. The van der Waals surface area contributed by atoms with Crippen LogP contribution in [0.15, 0.2) is 88.8 Å². The van der Waals surface area contributed by atoms with Crippen LogP contribution in [0.3, 0.4) is 0 Å². The van der Waals surface area contributed by atoms with E-state index in [-0.39, 0.29) is 28.6 Å². The molecule has 4 heterocycles. The van der Waals surface area contributed by atoms with Gasteiger partial charge in [-0.25, -0.2) is 8.42 Å². The van der Waals surface area contributed by atoms with Crippen molar-refractivity contribution in [1.29, 1.82) is 0 Å². The molecular formula is C33H33N3O6S. The van der Waals surface area contributed by atoms with E-state index in [9.17, 15) is 13.2 Å². The lowest BCUT2D eigenvalue weighted by Crippen LogP contribution is -2.50. The molecule has 43 heavy (non-hydrogen) atoms. The van der Waals surface area contributed by atoms with Crippen molar-refractivity contribution in [3.05, 3.63) is 84.6 Å². The van der Waals surface area contributed by atoms with E-state index >= 15 is 0 Å². The average molecular weight is 600 g/mol. The van der Waals surface area contributed by atoms with Crippen LogP contribution in [0, 0.1) is 0 Å². The van der Waals surface area contributed by atoms with Crippen LogP contribution < -0.4 is 14.2 Å².